The Hall–Kier alpha value is -0.710. The highest BCUT2D eigenvalue weighted by Crippen LogP contribution is 2.16. The van der Waals surface area contributed by atoms with Crippen molar-refractivity contribution in [1.82, 2.24) is 15.0 Å². The molecular formula is C4H8N4S. The summed E-state index contributed by atoms with van der Waals surface area (Å²) in [4.78, 5) is 0. The molecule has 0 atom stereocenters. The van der Waals surface area contributed by atoms with Crippen molar-refractivity contribution in [2.75, 3.05) is 12.0 Å². The lowest BCUT2D eigenvalue weighted by Gasteiger charge is -1.90. The van der Waals surface area contributed by atoms with Gasteiger partial charge in [-0.15, -0.1) is 16.9 Å². The summed E-state index contributed by atoms with van der Waals surface area (Å²) in [6, 6.07) is 0. The monoisotopic (exact) mass is 144 g/mol. The van der Waals surface area contributed by atoms with E-state index in [4.69, 9.17) is 5.73 Å². The quantitative estimate of drug-likeness (QED) is 0.569. The van der Waals surface area contributed by atoms with Gasteiger partial charge >= 0.3 is 0 Å². The third-order valence-electron chi connectivity index (χ3n) is 1.03. The molecule has 50 valence electrons. The van der Waals surface area contributed by atoms with E-state index < -0.39 is 0 Å². The molecule has 0 aliphatic rings. The minimum absolute atomic E-state index is 0.627. The van der Waals surface area contributed by atoms with Crippen molar-refractivity contribution < 1.29 is 0 Å². The van der Waals surface area contributed by atoms with Crippen LogP contribution in [0.15, 0.2) is 5.03 Å². The summed E-state index contributed by atoms with van der Waals surface area (Å²) in [6.07, 6.45) is 1.92. The van der Waals surface area contributed by atoms with Crippen LogP contribution in [0.5, 0.6) is 0 Å². The SMILES string of the molecule is CSc1nnn(C)c1N. The number of thioether (sulfide) groups is 1. The maximum absolute atomic E-state index is 5.53. The van der Waals surface area contributed by atoms with Crippen molar-refractivity contribution in [2.45, 2.75) is 5.03 Å². The van der Waals surface area contributed by atoms with Gasteiger partial charge in [0.1, 0.15) is 0 Å². The van der Waals surface area contributed by atoms with Crippen molar-refractivity contribution in [1.29, 1.82) is 0 Å². The van der Waals surface area contributed by atoms with Crippen LogP contribution in [0.25, 0.3) is 0 Å². The van der Waals surface area contributed by atoms with Crippen molar-refractivity contribution in [2.24, 2.45) is 7.05 Å². The molecule has 0 saturated carbocycles. The fraction of sp³-hybridized carbons (Fsp3) is 0.500. The molecule has 0 amide bonds. The van der Waals surface area contributed by atoms with E-state index in [1.165, 1.54) is 11.8 Å². The molecule has 0 unspecified atom stereocenters. The zero-order valence-corrected chi connectivity index (χ0v) is 6.14. The Kier molecular flexibility index (Phi) is 1.61. The van der Waals surface area contributed by atoms with Gasteiger partial charge in [-0.1, -0.05) is 5.21 Å². The molecule has 2 N–H and O–H groups in total. The fourth-order valence-electron chi connectivity index (χ4n) is 0.491. The normalized spacial score (nSPS) is 10.0. The van der Waals surface area contributed by atoms with Crippen molar-refractivity contribution in [3.05, 3.63) is 0 Å². The molecule has 1 aromatic heterocycles. The highest BCUT2D eigenvalue weighted by molar-refractivity contribution is 7.98. The van der Waals surface area contributed by atoms with Gasteiger partial charge in [-0.2, -0.15) is 0 Å². The van der Waals surface area contributed by atoms with Gasteiger partial charge in [-0.3, -0.25) is 0 Å². The summed E-state index contributed by atoms with van der Waals surface area (Å²) in [5.74, 6) is 0.627. The predicted octanol–water partition coefficient (Wildman–Crippen LogP) is 0.119. The number of hydrogen-bond donors (Lipinski definition) is 1. The van der Waals surface area contributed by atoms with Crippen LogP contribution in [-0.2, 0) is 7.05 Å². The second-order valence-corrected chi connectivity index (χ2v) is 2.40. The topological polar surface area (TPSA) is 56.7 Å². The average molecular weight is 144 g/mol. The van der Waals surface area contributed by atoms with Gasteiger partial charge < -0.3 is 5.73 Å². The lowest BCUT2D eigenvalue weighted by atomic mass is 10.8. The van der Waals surface area contributed by atoms with Gasteiger partial charge in [0.25, 0.3) is 0 Å². The van der Waals surface area contributed by atoms with Crippen LogP contribution >= 0.6 is 11.8 Å². The second kappa shape index (κ2) is 2.26. The highest BCUT2D eigenvalue weighted by atomic mass is 32.2. The lowest BCUT2D eigenvalue weighted by Crippen LogP contribution is -1.97. The number of nitrogen functional groups attached to an aromatic ring is 1. The Labute approximate surface area is 57.4 Å². The summed E-state index contributed by atoms with van der Waals surface area (Å²) >= 11 is 1.50. The third kappa shape index (κ3) is 0.999. The molecule has 5 heteroatoms. The van der Waals surface area contributed by atoms with Gasteiger partial charge in [-0.25, -0.2) is 4.68 Å². The van der Waals surface area contributed by atoms with E-state index in [0.717, 1.165) is 5.03 Å². The molecule has 9 heavy (non-hydrogen) atoms. The number of hydrogen-bond acceptors (Lipinski definition) is 4. The first kappa shape index (κ1) is 6.41. The molecule has 4 nitrogen and oxygen atoms in total. The van der Waals surface area contributed by atoms with Crippen molar-refractivity contribution in [3.8, 4) is 0 Å². The van der Waals surface area contributed by atoms with E-state index in [2.05, 4.69) is 10.3 Å². The third-order valence-corrected chi connectivity index (χ3v) is 1.71. The van der Waals surface area contributed by atoms with Gasteiger partial charge in [0, 0.05) is 7.05 Å². The molecule has 0 aromatic carbocycles. The van der Waals surface area contributed by atoms with E-state index in [1.54, 1.807) is 11.7 Å². The molecule has 0 saturated heterocycles. The van der Waals surface area contributed by atoms with Crippen LogP contribution in [-0.4, -0.2) is 21.2 Å². The van der Waals surface area contributed by atoms with Crippen LogP contribution in [0.4, 0.5) is 5.82 Å². The van der Waals surface area contributed by atoms with Crippen LogP contribution in [0.3, 0.4) is 0 Å². The summed E-state index contributed by atoms with van der Waals surface area (Å²) in [5, 5.41) is 8.28. The number of nitrogens with two attached hydrogens (primary N) is 1. The Balaban J connectivity index is 3.04. The van der Waals surface area contributed by atoms with Crippen molar-refractivity contribution >= 4 is 17.6 Å². The zero-order chi connectivity index (χ0) is 6.85. The highest BCUT2D eigenvalue weighted by Gasteiger charge is 2.02. The first-order valence-electron chi connectivity index (χ1n) is 2.45. The minimum atomic E-state index is 0.627. The average Bonchev–Trinajstić information content (AvgIpc) is 2.15. The Morgan fingerprint density at radius 3 is 2.56 bits per heavy atom. The standard InChI is InChI=1S/C4H8N4S/c1-8-3(5)4(9-2)6-7-8/h5H2,1-2H3. The number of nitrogens with zero attached hydrogens (tertiary/aromatic N) is 3. The number of anilines is 1. The van der Waals surface area contributed by atoms with E-state index in [-0.39, 0.29) is 0 Å². The van der Waals surface area contributed by atoms with Gasteiger partial charge in [0.15, 0.2) is 10.8 Å². The summed E-state index contributed by atoms with van der Waals surface area (Å²) < 4.78 is 1.55. The first-order valence-corrected chi connectivity index (χ1v) is 3.67. The van der Waals surface area contributed by atoms with Crippen LogP contribution < -0.4 is 5.73 Å². The molecule has 0 bridgehead atoms. The van der Waals surface area contributed by atoms with E-state index in [0.29, 0.717) is 5.82 Å². The first-order chi connectivity index (χ1) is 4.25. The Morgan fingerprint density at radius 2 is 2.33 bits per heavy atom. The van der Waals surface area contributed by atoms with E-state index >= 15 is 0 Å². The number of aromatic nitrogens is 3. The smallest absolute Gasteiger partial charge is 0.162 e. The second-order valence-electron chi connectivity index (χ2n) is 1.61. The maximum atomic E-state index is 5.53. The molecular weight excluding hydrogens is 136 g/mol. The fourth-order valence-corrected chi connectivity index (χ4v) is 0.950. The van der Waals surface area contributed by atoms with Gasteiger partial charge in [0.2, 0.25) is 0 Å². The molecule has 0 aliphatic carbocycles. The molecule has 1 heterocycles. The van der Waals surface area contributed by atoms with Crippen LogP contribution in [0.2, 0.25) is 0 Å². The van der Waals surface area contributed by atoms with E-state index in [1.807, 2.05) is 6.26 Å². The Morgan fingerprint density at radius 1 is 1.67 bits per heavy atom. The van der Waals surface area contributed by atoms with Crippen molar-refractivity contribution in [3.63, 3.8) is 0 Å². The Bertz CT molecular complexity index is 206. The van der Waals surface area contributed by atoms with Gasteiger partial charge in [0.05, 0.1) is 0 Å². The minimum Gasteiger partial charge on any atom is -0.382 e. The number of aryl methyl sites for hydroxylation is 1. The van der Waals surface area contributed by atoms with E-state index in [9.17, 15) is 0 Å². The van der Waals surface area contributed by atoms with Crippen LogP contribution in [0.1, 0.15) is 0 Å². The molecule has 0 radical (unpaired) electrons. The largest absolute Gasteiger partial charge is 0.382 e. The summed E-state index contributed by atoms with van der Waals surface area (Å²) in [6.45, 7) is 0. The van der Waals surface area contributed by atoms with Crippen LogP contribution in [0, 0.1) is 0 Å². The predicted molar refractivity (Wildman–Crippen MR) is 37.2 cm³/mol. The molecule has 1 aromatic rings. The molecule has 0 aliphatic heterocycles. The molecule has 0 fully saturated rings. The molecule has 1 rings (SSSR count). The number of rotatable bonds is 1. The molecule has 0 spiro atoms. The zero-order valence-electron chi connectivity index (χ0n) is 5.33. The lowest BCUT2D eigenvalue weighted by molar-refractivity contribution is 0.719. The summed E-state index contributed by atoms with van der Waals surface area (Å²) in [7, 11) is 1.77. The maximum Gasteiger partial charge on any atom is 0.162 e. The summed E-state index contributed by atoms with van der Waals surface area (Å²) in [5.41, 5.74) is 5.53. The van der Waals surface area contributed by atoms with Gasteiger partial charge in [-0.05, 0) is 6.26 Å².